The predicted molar refractivity (Wildman–Crippen MR) is 358 cm³/mol. The Morgan fingerprint density at radius 3 is 0.871 bits per heavy atom. The van der Waals surface area contributed by atoms with E-state index in [9.17, 15) is 40.5 Å². The number of carbonyl (C=O) groups excluding carboxylic acids is 1. The molecule has 1 amide bonds. The van der Waals surface area contributed by atoms with Crippen LogP contribution in [0.15, 0.2) is 0 Å². The minimum atomic E-state index is -1.66. The number of hydrogen-bond acceptors (Lipinski definition) is 10. The van der Waals surface area contributed by atoms with Crippen LogP contribution in [0.3, 0.4) is 0 Å². The molecule has 0 aromatic rings. The molecule has 9 unspecified atom stereocenters. The predicted octanol–water partition coefficient (Wildman–Crippen LogP) is 18.8. The number of rotatable bonds is 68. The van der Waals surface area contributed by atoms with Gasteiger partial charge in [-0.2, -0.15) is 0 Å². The number of aliphatic hydroxyl groups is 7. The number of nitrogens with one attached hydrogen (secondary N) is 1. The summed E-state index contributed by atoms with van der Waals surface area (Å²) in [5.74, 6) is -0.686. The Bertz CT molecular complexity index is 1340. The lowest BCUT2D eigenvalue weighted by molar-refractivity contribution is -0.303. The van der Waals surface area contributed by atoms with Gasteiger partial charge in [0.1, 0.15) is 36.6 Å². The number of unbranched alkanes of at least 4 members (excludes halogenated alkanes) is 56. The highest BCUT2D eigenvalue weighted by Gasteiger charge is 2.44. The van der Waals surface area contributed by atoms with Crippen LogP contribution in [0.4, 0.5) is 0 Å². The maximum absolute atomic E-state index is 13.3. The van der Waals surface area contributed by atoms with Crippen molar-refractivity contribution in [3.8, 4) is 0 Å². The zero-order valence-electron chi connectivity index (χ0n) is 56.4. The van der Waals surface area contributed by atoms with Gasteiger partial charge in [0.15, 0.2) is 6.29 Å². The number of hydrogen-bond donors (Lipinski definition) is 8. The molecule has 1 aliphatic heterocycles. The van der Waals surface area contributed by atoms with E-state index in [1.54, 1.807) is 0 Å². The van der Waals surface area contributed by atoms with Gasteiger partial charge in [0.05, 0.1) is 25.4 Å². The lowest BCUT2D eigenvalue weighted by Crippen LogP contribution is -2.60. The largest absolute Gasteiger partial charge is 0.394 e. The molecule has 8 N–H and O–H groups in total. The van der Waals surface area contributed by atoms with Crippen molar-refractivity contribution in [1.82, 2.24) is 5.32 Å². The van der Waals surface area contributed by atoms with Crippen molar-refractivity contribution in [2.24, 2.45) is 0 Å². The zero-order valence-corrected chi connectivity index (χ0v) is 56.4. The maximum Gasteiger partial charge on any atom is 0.249 e. The summed E-state index contributed by atoms with van der Waals surface area (Å²) in [5, 5.41) is 76.7. The van der Waals surface area contributed by atoms with Crippen LogP contribution < -0.4 is 5.32 Å². The third-order valence-electron chi connectivity index (χ3n) is 18.9. The van der Waals surface area contributed by atoms with Gasteiger partial charge in [-0.15, -0.1) is 0 Å². The van der Waals surface area contributed by atoms with E-state index in [1.807, 2.05) is 0 Å². The second kappa shape index (κ2) is 63.3. The minimum absolute atomic E-state index is 0.268. The average molecular weight is 1210 g/mol. The minimum Gasteiger partial charge on any atom is -0.394 e. The molecule has 0 aliphatic carbocycles. The van der Waals surface area contributed by atoms with Crippen LogP contribution in [-0.2, 0) is 14.3 Å². The van der Waals surface area contributed by atoms with Crippen LogP contribution in [0.2, 0.25) is 0 Å². The summed E-state index contributed by atoms with van der Waals surface area (Å²) in [5.41, 5.74) is 0. The molecule has 0 aromatic heterocycles. The van der Waals surface area contributed by atoms with Crippen molar-refractivity contribution in [2.75, 3.05) is 13.2 Å². The highest BCUT2D eigenvalue weighted by molar-refractivity contribution is 5.80. The Balaban J connectivity index is 2.14. The van der Waals surface area contributed by atoms with Crippen LogP contribution in [0.1, 0.15) is 399 Å². The van der Waals surface area contributed by atoms with Gasteiger partial charge in [-0.25, -0.2) is 0 Å². The van der Waals surface area contributed by atoms with Crippen molar-refractivity contribution in [3.05, 3.63) is 0 Å². The summed E-state index contributed by atoms with van der Waals surface area (Å²) >= 11 is 0. The Labute approximate surface area is 526 Å². The number of carbonyl (C=O) groups is 1. The lowest BCUT2D eigenvalue weighted by atomic mass is 9.98. The first-order chi connectivity index (χ1) is 41.7. The van der Waals surface area contributed by atoms with E-state index < -0.39 is 74.2 Å². The first kappa shape index (κ1) is 82.1. The van der Waals surface area contributed by atoms with Gasteiger partial charge >= 0.3 is 0 Å². The van der Waals surface area contributed by atoms with Crippen molar-refractivity contribution in [2.45, 2.75) is 454 Å². The van der Waals surface area contributed by atoms with E-state index in [0.717, 1.165) is 38.5 Å². The van der Waals surface area contributed by atoms with Crippen LogP contribution >= 0.6 is 0 Å². The van der Waals surface area contributed by atoms with Crippen molar-refractivity contribution in [3.63, 3.8) is 0 Å². The molecule has 0 saturated carbocycles. The van der Waals surface area contributed by atoms with Gasteiger partial charge < -0.3 is 50.5 Å². The fourth-order valence-corrected chi connectivity index (χ4v) is 12.9. The quantitative estimate of drug-likeness (QED) is 0.0272. The van der Waals surface area contributed by atoms with Crippen molar-refractivity contribution in [1.29, 1.82) is 0 Å². The maximum atomic E-state index is 13.3. The Morgan fingerprint density at radius 1 is 0.365 bits per heavy atom. The molecule has 11 nitrogen and oxygen atoms in total. The summed E-state index contributed by atoms with van der Waals surface area (Å²) in [4.78, 5) is 13.3. The Hall–Kier alpha value is -0.890. The molecule has 9 atom stereocenters. The first-order valence-corrected chi connectivity index (χ1v) is 37.9. The van der Waals surface area contributed by atoms with Crippen molar-refractivity contribution >= 4 is 5.91 Å². The van der Waals surface area contributed by atoms with Gasteiger partial charge in [0, 0.05) is 0 Å². The standard InChI is InChI=1S/C74H147NO10/c1-3-5-7-9-11-13-15-17-19-21-23-25-27-29-31-32-33-34-36-38-40-42-44-46-48-50-52-54-56-58-60-62-67(78)73(83)75-65(64-84-74-72(82)71(81)70(80)68(63-76)85-74)69(79)66(77)61-59-57-55-53-51-49-47-45-43-41-39-37-35-30-28-26-24-22-20-18-16-14-12-10-8-6-4-2/h65-72,74,76-82H,3-64H2,1-2H3,(H,75,83). The molecule has 0 aromatic carbocycles. The lowest BCUT2D eigenvalue weighted by Gasteiger charge is -2.40. The van der Waals surface area contributed by atoms with Crippen LogP contribution in [-0.4, -0.2) is 110 Å². The van der Waals surface area contributed by atoms with E-state index in [4.69, 9.17) is 9.47 Å². The zero-order chi connectivity index (χ0) is 61.7. The Morgan fingerprint density at radius 2 is 0.612 bits per heavy atom. The number of amides is 1. The molecule has 1 saturated heterocycles. The fourth-order valence-electron chi connectivity index (χ4n) is 12.9. The van der Waals surface area contributed by atoms with E-state index in [1.165, 1.54) is 321 Å². The molecular formula is C74H147NO10. The summed E-state index contributed by atoms with van der Waals surface area (Å²) in [6, 6.07) is -1.17. The molecule has 0 bridgehead atoms. The van der Waals surface area contributed by atoms with Crippen LogP contribution in [0.25, 0.3) is 0 Å². The van der Waals surface area contributed by atoms with Gasteiger partial charge in [-0.3, -0.25) is 4.79 Å². The molecule has 11 heteroatoms. The van der Waals surface area contributed by atoms with E-state index >= 15 is 0 Å². The second-order valence-electron chi connectivity index (χ2n) is 27.1. The molecule has 85 heavy (non-hydrogen) atoms. The SMILES string of the molecule is CCCCCCCCCCCCCCCCCCCCCCCCCCCCCCCCCC(O)C(=O)NC(COC1OC(CO)C(O)C(O)C1O)C(O)C(O)CCCCCCCCCCCCCCCCCCCCCCCCCCCCC. The van der Waals surface area contributed by atoms with Crippen LogP contribution in [0, 0.1) is 0 Å². The van der Waals surface area contributed by atoms with Gasteiger partial charge in [-0.05, 0) is 12.8 Å². The highest BCUT2D eigenvalue weighted by Crippen LogP contribution is 2.24. The summed E-state index contributed by atoms with van der Waals surface area (Å²) in [6.45, 7) is 3.54. The molecule has 508 valence electrons. The second-order valence-corrected chi connectivity index (χ2v) is 27.1. The third-order valence-corrected chi connectivity index (χ3v) is 18.9. The average Bonchev–Trinajstić information content (AvgIpc) is 3.66. The molecule has 1 fully saturated rings. The molecule has 1 heterocycles. The molecule has 0 radical (unpaired) electrons. The topological polar surface area (TPSA) is 189 Å². The molecule has 1 rings (SSSR count). The van der Waals surface area contributed by atoms with E-state index in [0.29, 0.717) is 19.3 Å². The summed E-state index contributed by atoms with van der Waals surface area (Å²) in [6.07, 6.45) is 66.3. The van der Waals surface area contributed by atoms with Gasteiger partial charge in [0.25, 0.3) is 0 Å². The smallest absolute Gasteiger partial charge is 0.249 e. The third kappa shape index (κ3) is 50.4. The van der Waals surface area contributed by atoms with Crippen LogP contribution in [0.5, 0.6) is 0 Å². The van der Waals surface area contributed by atoms with Gasteiger partial charge in [-0.1, -0.05) is 386 Å². The van der Waals surface area contributed by atoms with Gasteiger partial charge in [0.2, 0.25) is 5.91 Å². The molecule has 0 spiro atoms. The monoisotopic (exact) mass is 1210 g/mol. The Kier molecular flexibility index (Phi) is 61.1. The molecule has 1 aliphatic rings. The summed E-state index contributed by atoms with van der Waals surface area (Å²) < 4.78 is 11.2. The van der Waals surface area contributed by atoms with E-state index in [-0.39, 0.29) is 6.42 Å². The number of ether oxygens (including phenoxy) is 2. The van der Waals surface area contributed by atoms with Crippen molar-refractivity contribution < 1.29 is 50.0 Å². The first-order valence-electron chi connectivity index (χ1n) is 37.9. The highest BCUT2D eigenvalue weighted by atomic mass is 16.7. The normalized spacial score (nSPS) is 18.7. The molecular weight excluding hydrogens is 1060 g/mol. The number of aliphatic hydroxyl groups excluding tert-OH is 7. The fraction of sp³-hybridized carbons (Fsp3) is 0.986. The van der Waals surface area contributed by atoms with E-state index in [2.05, 4.69) is 19.2 Å². The summed E-state index contributed by atoms with van der Waals surface area (Å²) in [7, 11) is 0.